The number of nitrogens with zero attached hydrogens (tertiary/aromatic N) is 2. The summed E-state index contributed by atoms with van der Waals surface area (Å²) in [6.07, 6.45) is 5.20. The molecule has 0 fully saturated rings. The number of anilines is 3. The lowest BCUT2D eigenvalue weighted by Crippen LogP contribution is -2.14. The molecule has 0 spiro atoms. The Morgan fingerprint density at radius 2 is 1.90 bits per heavy atom. The van der Waals surface area contributed by atoms with Gasteiger partial charge in [-0.1, -0.05) is 6.07 Å². The molecule has 0 bridgehead atoms. The van der Waals surface area contributed by atoms with E-state index in [0.717, 1.165) is 17.3 Å². The predicted octanol–water partition coefficient (Wildman–Crippen LogP) is 2.08. The second kappa shape index (κ2) is 5.88. The molecule has 1 heterocycles. The first-order valence-electron chi connectivity index (χ1n) is 7.00. The highest BCUT2D eigenvalue weighted by Gasteiger charge is 2.10. The van der Waals surface area contributed by atoms with Crippen LogP contribution in [-0.4, -0.2) is 23.1 Å². The van der Waals surface area contributed by atoms with E-state index in [1.54, 1.807) is 6.33 Å². The molecule has 0 unspecified atom stereocenters. The van der Waals surface area contributed by atoms with Crippen LogP contribution in [0.15, 0.2) is 30.6 Å². The zero-order valence-electron chi connectivity index (χ0n) is 11.4. The van der Waals surface area contributed by atoms with Gasteiger partial charge in [0.05, 0.1) is 0 Å². The van der Waals surface area contributed by atoms with Gasteiger partial charge in [-0.15, -0.1) is 0 Å². The molecule has 0 saturated carbocycles. The second-order valence-electron chi connectivity index (χ2n) is 4.97. The van der Waals surface area contributed by atoms with Crippen LogP contribution in [0.3, 0.4) is 0 Å². The fourth-order valence-corrected chi connectivity index (χ4v) is 2.52. The van der Waals surface area contributed by atoms with Gasteiger partial charge in [-0.2, -0.15) is 0 Å². The molecule has 0 aliphatic heterocycles. The van der Waals surface area contributed by atoms with E-state index < -0.39 is 0 Å². The quantitative estimate of drug-likeness (QED) is 0.775. The summed E-state index contributed by atoms with van der Waals surface area (Å²) in [5, 5.41) is 6.47. The Labute approximate surface area is 118 Å². The van der Waals surface area contributed by atoms with Crippen molar-refractivity contribution in [2.24, 2.45) is 5.73 Å². The third-order valence-corrected chi connectivity index (χ3v) is 3.49. The Hall–Kier alpha value is -2.14. The fraction of sp³-hybridized carbons (Fsp3) is 0.333. The van der Waals surface area contributed by atoms with Gasteiger partial charge in [-0.25, -0.2) is 9.97 Å². The summed E-state index contributed by atoms with van der Waals surface area (Å²) in [6, 6.07) is 8.43. The van der Waals surface area contributed by atoms with E-state index >= 15 is 0 Å². The van der Waals surface area contributed by atoms with Crippen molar-refractivity contribution in [1.29, 1.82) is 0 Å². The zero-order chi connectivity index (χ0) is 13.8. The molecule has 104 valence electrons. The van der Waals surface area contributed by atoms with Crippen molar-refractivity contribution < 1.29 is 0 Å². The first kappa shape index (κ1) is 12.9. The van der Waals surface area contributed by atoms with Gasteiger partial charge in [0.25, 0.3) is 0 Å². The molecule has 0 amide bonds. The monoisotopic (exact) mass is 269 g/mol. The van der Waals surface area contributed by atoms with E-state index in [1.165, 1.54) is 30.4 Å². The van der Waals surface area contributed by atoms with Gasteiger partial charge >= 0.3 is 0 Å². The largest absolute Gasteiger partial charge is 0.369 e. The highest BCUT2D eigenvalue weighted by Crippen LogP contribution is 2.26. The number of fused-ring (bicyclic) bond motifs is 1. The van der Waals surface area contributed by atoms with Crippen molar-refractivity contribution in [3.05, 3.63) is 41.7 Å². The predicted molar refractivity (Wildman–Crippen MR) is 81.3 cm³/mol. The van der Waals surface area contributed by atoms with Gasteiger partial charge in [0.15, 0.2) is 0 Å². The summed E-state index contributed by atoms with van der Waals surface area (Å²) in [4.78, 5) is 8.40. The summed E-state index contributed by atoms with van der Waals surface area (Å²) < 4.78 is 0. The molecule has 0 atom stereocenters. The van der Waals surface area contributed by atoms with Gasteiger partial charge < -0.3 is 16.4 Å². The van der Waals surface area contributed by atoms with Crippen molar-refractivity contribution in [3.63, 3.8) is 0 Å². The maximum absolute atomic E-state index is 5.47. The molecule has 5 heteroatoms. The molecule has 0 radical (unpaired) electrons. The van der Waals surface area contributed by atoms with Crippen LogP contribution in [-0.2, 0) is 12.8 Å². The number of aromatic nitrogens is 2. The van der Waals surface area contributed by atoms with Crippen LogP contribution < -0.4 is 16.4 Å². The molecule has 1 aromatic heterocycles. The summed E-state index contributed by atoms with van der Waals surface area (Å²) in [7, 11) is 0. The van der Waals surface area contributed by atoms with Crippen LogP contribution in [0.1, 0.15) is 17.5 Å². The molecule has 4 N–H and O–H groups in total. The molecular formula is C15H19N5. The summed E-state index contributed by atoms with van der Waals surface area (Å²) in [5.74, 6) is 1.58. The summed E-state index contributed by atoms with van der Waals surface area (Å²) >= 11 is 0. The Kier molecular flexibility index (Phi) is 3.78. The number of hydrogen-bond acceptors (Lipinski definition) is 5. The first-order valence-corrected chi connectivity index (χ1v) is 7.00. The lowest BCUT2D eigenvalue weighted by Gasteiger charge is -2.09. The second-order valence-corrected chi connectivity index (χ2v) is 4.97. The van der Waals surface area contributed by atoms with Gasteiger partial charge in [-0.05, 0) is 42.5 Å². The molecule has 5 nitrogen and oxygen atoms in total. The molecule has 1 aliphatic rings. The van der Waals surface area contributed by atoms with Crippen LogP contribution >= 0.6 is 0 Å². The minimum atomic E-state index is 0.581. The smallest absolute Gasteiger partial charge is 0.135 e. The number of nitrogens with two attached hydrogens (primary N) is 1. The van der Waals surface area contributed by atoms with E-state index in [0.29, 0.717) is 13.1 Å². The standard InChI is InChI=1S/C15H19N5/c16-6-7-17-14-9-15(19-10-18-14)20-13-5-4-11-2-1-3-12(11)8-13/h4-5,8-10H,1-3,6-7,16H2,(H2,17,18,19,20). The molecule has 3 rings (SSSR count). The highest BCUT2D eigenvalue weighted by molar-refractivity contribution is 5.60. The first-order chi connectivity index (χ1) is 9.85. The van der Waals surface area contributed by atoms with Gasteiger partial charge in [0.1, 0.15) is 18.0 Å². The highest BCUT2D eigenvalue weighted by atomic mass is 15.1. The average molecular weight is 269 g/mol. The number of rotatable bonds is 5. The molecule has 0 saturated heterocycles. The number of hydrogen-bond donors (Lipinski definition) is 3. The minimum Gasteiger partial charge on any atom is -0.369 e. The summed E-state index contributed by atoms with van der Waals surface area (Å²) in [5.41, 5.74) is 9.47. The van der Waals surface area contributed by atoms with Gasteiger partial charge in [0.2, 0.25) is 0 Å². The topological polar surface area (TPSA) is 75.9 Å². The minimum absolute atomic E-state index is 0.581. The Morgan fingerprint density at radius 1 is 1.05 bits per heavy atom. The lowest BCUT2D eigenvalue weighted by atomic mass is 10.1. The molecule has 2 aromatic rings. The van der Waals surface area contributed by atoms with Crippen molar-refractivity contribution in [2.45, 2.75) is 19.3 Å². The number of benzene rings is 1. The van der Waals surface area contributed by atoms with E-state index in [2.05, 4.69) is 38.8 Å². The van der Waals surface area contributed by atoms with Crippen LogP contribution in [0.5, 0.6) is 0 Å². The lowest BCUT2D eigenvalue weighted by molar-refractivity contribution is 0.912. The normalized spacial score (nSPS) is 13.1. The maximum Gasteiger partial charge on any atom is 0.135 e. The van der Waals surface area contributed by atoms with Crippen molar-refractivity contribution in [1.82, 2.24) is 9.97 Å². The van der Waals surface area contributed by atoms with Crippen molar-refractivity contribution in [3.8, 4) is 0 Å². The summed E-state index contributed by atoms with van der Waals surface area (Å²) in [6.45, 7) is 1.28. The third-order valence-electron chi connectivity index (χ3n) is 3.49. The Morgan fingerprint density at radius 3 is 2.80 bits per heavy atom. The third kappa shape index (κ3) is 2.88. The van der Waals surface area contributed by atoms with Gasteiger partial charge in [0, 0.05) is 24.8 Å². The molecular weight excluding hydrogens is 250 g/mol. The van der Waals surface area contributed by atoms with Gasteiger partial charge in [-0.3, -0.25) is 0 Å². The van der Waals surface area contributed by atoms with Crippen molar-refractivity contribution >= 4 is 17.3 Å². The fourth-order valence-electron chi connectivity index (χ4n) is 2.52. The van der Waals surface area contributed by atoms with E-state index in [-0.39, 0.29) is 0 Å². The molecule has 1 aromatic carbocycles. The maximum atomic E-state index is 5.47. The molecule has 1 aliphatic carbocycles. The van der Waals surface area contributed by atoms with E-state index in [1.807, 2.05) is 6.07 Å². The van der Waals surface area contributed by atoms with Crippen LogP contribution in [0.4, 0.5) is 17.3 Å². The number of aryl methyl sites for hydroxylation is 2. The Balaban J connectivity index is 1.74. The molecule has 20 heavy (non-hydrogen) atoms. The zero-order valence-corrected chi connectivity index (χ0v) is 11.4. The Bertz CT molecular complexity index is 597. The van der Waals surface area contributed by atoms with Crippen LogP contribution in [0.2, 0.25) is 0 Å². The average Bonchev–Trinajstić information content (AvgIpc) is 2.93. The van der Waals surface area contributed by atoms with Crippen molar-refractivity contribution in [2.75, 3.05) is 23.7 Å². The number of nitrogens with one attached hydrogen (secondary N) is 2. The van der Waals surface area contributed by atoms with Crippen LogP contribution in [0, 0.1) is 0 Å². The van der Waals surface area contributed by atoms with E-state index in [4.69, 9.17) is 5.73 Å². The SMILES string of the molecule is NCCNc1cc(Nc2ccc3c(c2)CCC3)ncn1. The van der Waals surface area contributed by atoms with E-state index in [9.17, 15) is 0 Å². The van der Waals surface area contributed by atoms with Crippen LogP contribution in [0.25, 0.3) is 0 Å².